The number of benzene rings is 1. The van der Waals surface area contributed by atoms with Gasteiger partial charge in [-0.15, -0.1) is 0 Å². The van der Waals surface area contributed by atoms with Gasteiger partial charge in [-0.05, 0) is 25.0 Å². The number of halogens is 3. The van der Waals surface area contributed by atoms with Crippen molar-refractivity contribution in [3.63, 3.8) is 0 Å². The minimum absolute atomic E-state index is 0.463. The highest BCUT2D eigenvalue weighted by Crippen LogP contribution is 2.31. The minimum Gasteiger partial charge on any atom is -0.0833 e. The maximum absolute atomic E-state index is 5.72. The molecule has 0 aliphatic rings. The van der Waals surface area contributed by atoms with Crippen LogP contribution in [0.15, 0.2) is 18.2 Å². The Morgan fingerprint density at radius 1 is 1.15 bits per heavy atom. The fourth-order valence-corrected chi connectivity index (χ4v) is 1.64. The lowest BCUT2D eigenvalue weighted by Crippen LogP contribution is -2.08. The van der Waals surface area contributed by atoms with E-state index in [-0.39, 0.29) is 0 Å². The van der Waals surface area contributed by atoms with Gasteiger partial charge >= 0.3 is 0 Å². The van der Waals surface area contributed by atoms with Crippen molar-refractivity contribution in [2.75, 3.05) is 0 Å². The summed E-state index contributed by atoms with van der Waals surface area (Å²) in [5.41, 5.74) is 3.45. The lowest BCUT2D eigenvalue weighted by atomic mass is 10.0. The average Bonchev–Trinajstić information content (AvgIpc) is 1.94. The molecule has 0 unspecified atom stereocenters. The molecule has 3 heteroatoms. The van der Waals surface area contributed by atoms with Crippen molar-refractivity contribution in [1.82, 2.24) is 0 Å². The van der Waals surface area contributed by atoms with Gasteiger partial charge in [-0.1, -0.05) is 58.6 Å². The molecule has 0 spiro atoms. The van der Waals surface area contributed by atoms with Gasteiger partial charge in [0.05, 0.1) is 0 Å². The third-order valence-electron chi connectivity index (χ3n) is 1.90. The molecule has 0 fully saturated rings. The van der Waals surface area contributed by atoms with Gasteiger partial charge in [0, 0.05) is 6.42 Å². The van der Waals surface area contributed by atoms with Gasteiger partial charge in [0.2, 0.25) is 0 Å². The van der Waals surface area contributed by atoms with Gasteiger partial charge < -0.3 is 0 Å². The van der Waals surface area contributed by atoms with Crippen molar-refractivity contribution >= 4 is 34.8 Å². The molecular weight excluding hydrogens is 226 g/mol. The van der Waals surface area contributed by atoms with Crippen molar-refractivity contribution in [2.24, 2.45) is 0 Å². The van der Waals surface area contributed by atoms with Gasteiger partial charge in [0.15, 0.2) is 3.79 Å². The van der Waals surface area contributed by atoms with Crippen LogP contribution in [0.3, 0.4) is 0 Å². The number of hydrogen-bond acceptors (Lipinski definition) is 0. The first kappa shape index (κ1) is 11.2. The summed E-state index contributed by atoms with van der Waals surface area (Å²) in [7, 11) is 0. The van der Waals surface area contributed by atoms with Crippen molar-refractivity contribution in [2.45, 2.75) is 24.1 Å². The molecule has 1 aromatic carbocycles. The molecule has 0 saturated carbocycles. The highest BCUT2D eigenvalue weighted by Gasteiger charge is 2.20. The Kier molecular flexibility index (Phi) is 3.50. The summed E-state index contributed by atoms with van der Waals surface area (Å²) < 4.78 is -1.20. The molecule has 0 N–H and O–H groups in total. The van der Waals surface area contributed by atoms with E-state index in [2.05, 4.69) is 12.1 Å². The van der Waals surface area contributed by atoms with E-state index in [1.165, 1.54) is 5.56 Å². The summed E-state index contributed by atoms with van der Waals surface area (Å²) in [6.07, 6.45) is 0.463. The molecule has 0 aliphatic carbocycles. The third kappa shape index (κ3) is 3.76. The summed E-state index contributed by atoms with van der Waals surface area (Å²) in [4.78, 5) is 0. The highest BCUT2D eigenvalue weighted by molar-refractivity contribution is 6.67. The molecule has 0 heterocycles. The van der Waals surface area contributed by atoms with Crippen LogP contribution in [0.1, 0.15) is 16.7 Å². The van der Waals surface area contributed by atoms with Crippen LogP contribution in [0.5, 0.6) is 0 Å². The van der Waals surface area contributed by atoms with E-state index in [0.717, 1.165) is 11.1 Å². The van der Waals surface area contributed by atoms with Gasteiger partial charge in [-0.3, -0.25) is 0 Å². The highest BCUT2D eigenvalue weighted by atomic mass is 35.6. The first-order chi connectivity index (χ1) is 5.88. The lowest BCUT2D eigenvalue weighted by Gasteiger charge is -2.13. The van der Waals surface area contributed by atoms with Gasteiger partial charge in [0.1, 0.15) is 0 Å². The Labute approximate surface area is 93.8 Å². The molecule has 0 atom stereocenters. The van der Waals surface area contributed by atoms with E-state index in [9.17, 15) is 0 Å². The van der Waals surface area contributed by atoms with Gasteiger partial charge in [-0.25, -0.2) is 0 Å². The summed E-state index contributed by atoms with van der Waals surface area (Å²) in [6.45, 7) is 4.05. The van der Waals surface area contributed by atoms with Gasteiger partial charge in [-0.2, -0.15) is 0 Å². The predicted molar refractivity (Wildman–Crippen MR) is 59.9 cm³/mol. The molecule has 0 aliphatic heterocycles. The molecule has 0 bridgehead atoms. The van der Waals surface area contributed by atoms with Crippen LogP contribution in [0.4, 0.5) is 0 Å². The zero-order chi connectivity index (χ0) is 10.1. The lowest BCUT2D eigenvalue weighted by molar-refractivity contribution is 0.999. The van der Waals surface area contributed by atoms with Crippen LogP contribution in [-0.2, 0) is 6.42 Å². The minimum atomic E-state index is -1.20. The molecule has 0 amide bonds. The first-order valence-corrected chi connectivity index (χ1v) is 5.15. The van der Waals surface area contributed by atoms with Crippen molar-refractivity contribution < 1.29 is 0 Å². The van der Waals surface area contributed by atoms with Crippen LogP contribution in [0, 0.1) is 13.8 Å². The van der Waals surface area contributed by atoms with E-state index in [0.29, 0.717) is 6.42 Å². The van der Waals surface area contributed by atoms with Crippen LogP contribution >= 0.6 is 34.8 Å². The van der Waals surface area contributed by atoms with Crippen molar-refractivity contribution in [3.8, 4) is 0 Å². The second-order valence-electron chi connectivity index (χ2n) is 3.22. The number of hydrogen-bond donors (Lipinski definition) is 0. The maximum Gasteiger partial charge on any atom is 0.194 e. The van der Waals surface area contributed by atoms with E-state index in [4.69, 9.17) is 34.8 Å². The SMILES string of the molecule is Cc1ccc(C)c(CC(Cl)(Cl)Cl)c1. The number of aryl methyl sites for hydroxylation is 2. The third-order valence-corrected chi connectivity index (χ3v) is 2.30. The molecule has 1 aromatic rings. The summed E-state index contributed by atoms with van der Waals surface area (Å²) in [5.74, 6) is 0. The fraction of sp³-hybridized carbons (Fsp3) is 0.400. The van der Waals surface area contributed by atoms with Crippen molar-refractivity contribution in [1.29, 1.82) is 0 Å². The Balaban J connectivity index is 2.94. The second kappa shape index (κ2) is 4.08. The molecular formula is C10H11Cl3. The molecule has 0 nitrogen and oxygen atoms in total. The first-order valence-electron chi connectivity index (χ1n) is 4.01. The van der Waals surface area contributed by atoms with E-state index < -0.39 is 3.79 Å². The van der Waals surface area contributed by atoms with Crippen LogP contribution in [0.25, 0.3) is 0 Å². The molecule has 0 aromatic heterocycles. The Bertz CT molecular complexity index is 300. The summed E-state index contributed by atoms with van der Waals surface area (Å²) >= 11 is 17.2. The summed E-state index contributed by atoms with van der Waals surface area (Å²) in [5, 5.41) is 0. The monoisotopic (exact) mass is 236 g/mol. The topological polar surface area (TPSA) is 0 Å². The molecule has 13 heavy (non-hydrogen) atoms. The number of rotatable bonds is 1. The zero-order valence-corrected chi connectivity index (χ0v) is 9.84. The van der Waals surface area contributed by atoms with E-state index in [1.807, 2.05) is 19.9 Å². The predicted octanol–water partition coefficient (Wildman–Crippen LogP) is 4.22. The Hall–Kier alpha value is 0.0900. The van der Waals surface area contributed by atoms with Crippen LogP contribution < -0.4 is 0 Å². The normalized spacial score (nSPS) is 11.8. The van der Waals surface area contributed by atoms with Crippen LogP contribution in [-0.4, -0.2) is 3.79 Å². The second-order valence-corrected chi connectivity index (χ2v) is 5.74. The van der Waals surface area contributed by atoms with Crippen LogP contribution in [0.2, 0.25) is 0 Å². The molecule has 1 rings (SSSR count). The quantitative estimate of drug-likeness (QED) is 0.642. The molecule has 72 valence electrons. The smallest absolute Gasteiger partial charge is 0.0833 e. The van der Waals surface area contributed by atoms with E-state index >= 15 is 0 Å². The van der Waals surface area contributed by atoms with Crippen molar-refractivity contribution in [3.05, 3.63) is 34.9 Å². The van der Waals surface area contributed by atoms with E-state index in [1.54, 1.807) is 0 Å². The largest absolute Gasteiger partial charge is 0.194 e. The Morgan fingerprint density at radius 2 is 1.77 bits per heavy atom. The summed E-state index contributed by atoms with van der Waals surface area (Å²) in [6, 6.07) is 6.15. The molecule has 0 saturated heterocycles. The average molecular weight is 238 g/mol. The fourth-order valence-electron chi connectivity index (χ4n) is 1.21. The standard InChI is InChI=1S/C10H11Cl3/c1-7-3-4-8(2)9(5-7)6-10(11,12)13/h3-5H,6H2,1-2H3. The number of alkyl halides is 3. The zero-order valence-electron chi connectivity index (χ0n) is 7.57. The molecule has 0 radical (unpaired) electrons. The maximum atomic E-state index is 5.72. The van der Waals surface area contributed by atoms with Gasteiger partial charge in [0.25, 0.3) is 0 Å². The Morgan fingerprint density at radius 3 is 2.31 bits per heavy atom.